The second kappa shape index (κ2) is 6.58. The first kappa shape index (κ1) is 15.8. The summed E-state index contributed by atoms with van der Waals surface area (Å²) in [6, 6.07) is 14.8. The monoisotopic (exact) mass is 322 g/mol. The summed E-state index contributed by atoms with van der Waals surface area (Å²) in [5.74, 6) is -0.353. The minimum atomic E-state index is -1.01. The van der Waals surface area contributed by atoms with Gasteiger partial charge >= 0.3 is 5.97 Å². The Bertz CT molecular complexity index is 892. The van der Waals surface area contributed by atoms with Crippen molar-refractivity contribution in [3.8, 4) is 17.0 Å². The maximum atomic E-state index is 12.0. The number of hydrogen-bond donors (Lipinski definition) is 2. The van der Waals surface area contributed by atoms with Crippen LogP contribution in [0.1, 0.15) is 17.3 Å². The first-order chi connectivity index (χ1) is 11.7. The van der Waals surface area contributed by atoms with Gasteiger partial charge in [0.2, 0.25) is 0 Å². The molecule has 0 radical (unpaired) electrons. The molecule has 5 heteroatoms. The zero-order valence-corrected chi connectivity index (χ0v) is 13.5. The van der Waals surface area contributed by atoms with Crippen molar-refractivity contribution in [2.45, 2.75) is 6.92 Å². The summed E-state index contributed by atoms with van der Waals surface area (Å²) in [7, 11) is 1.58. The zero-order chi connectivity index (χ0) is 17.1. The van der Waals surface area contributed by atoms with Gasteiger partial charge < -0.3 is 15.2 Å². The maximum absolute atomic E-state index is 12.0. The van der Waals surface area contributed by atoms with E-state index < -0.39 is 5.97 Å². The highest BCUT2D eigenvalue weighted by atomic mass is 16.5. The van der Waals surface area contributed by atoms with E-state index in [9.17, 15) is 9.90 Å². The molecule has 2 aromatic carbocycles. The summed E-state index contributed by atoms with van der Waals surface area (Å²) in [4.78, 5) is 16.6. The van der Waals surface area contributed by atoms with E-state index in [0.717, 1.165) is 16.5 Å². The summed E-state index contributed by atoms with van der Waals surface area (Å²) >= 11 is 0. The molecule has 0 bridgehead atoms. The SMILES string of the molecule is CCNc1c(C(=O)O)c(-c2ccccc2)nc2ccc(OC)cc12. The van der Waals surface area contributed by atoms with E-state index in [-0.39, 0.29) is 5.56 Å². The van der Waals surface area contributed by atoms with Crippen LogP contribution in [0.2, 0.25) is 0 Å². The van der Waals surface area contributed by atoms with Crippen molar-refractivity contribution in [2.75, 3.05) is 19.0 Å². The molecule has 0 aliphatic carbocycles. The number of carbonyl (C=O) groups is 1. The molecule has 0 saturated carbocycles. The molecule has 0 saturated heterocycles. The van der Waals surface area contributed by atoms with E-state index >= 15 is 0 Å². The molecule has 0 aliphatic rings. The highest BCUT2D eigenvalue weighted by molar-refractivity contribution is 6.09. The first-order valence-electron chi connectivity index (χ1n) is 7.70. The van der Waals surface area contributed by atoms with Crippen molar-refractivity contribution < 1.29 is 14.6 Å². The lowest BCUT2D eigenvalue weighted by Gasteiger charge is -2.16. The van der Waals surface area contributed by atoms with E-state index in [4.69, 9.17) is 4.74 Å². The lowest BCUT2D eigenvalue weighted by atomic mass is 10.0. The molecule has 0 spiro atoms. The van der Waals surface area contributed by atoms with Crippen LogP contribution < -0.4 is 10.1 Å². The van der Waals surface area contributed by atoms with Gasteiger partial charge in [0.15, 0.2) is 0 Å². The zero-order valence-electron chi connectivity index (χ0n) is 13.5. The summed E-state index contributed by atoms with van der Waals surface area (Å²) in [6.07, 6.45) is 0. The number of ether oxygens (including phenoxy) is 1. The van der Waals surface area contributed by atoms with Gasteiger partial charge in [0.1, 0.15) is 11.3 Å². The second-order valence-corrected chi connectivity index (χ2v) is 5.29. The second-order valence-electron chi connectivity index (χ2n) is 5.29. The van der Waals surface area contributed by atoms with Crippen molar-refractivity contribution in [1.29, 1.82) is 0 Å². The average molecular weight is 322 g/mol. The summed E-state index contributed by atoms with van der Waals surface area (Å²) in [5, 5.41) is 13.7. The normalized spacial score (nSPS) is 10.6. The summed E-state index contributed by atoms with van der Waals surface area (Å²) < 4.78 is 5.27. The van der Waals surface area contributed by atoms with Gasteiger partial charge in [-0.05, 0) is 25.1 Å². The number of carboxylic acid groups (broad SMARTS) is 1. The molecular weight excluding hydrogens is 304 g/mol. The van der Waals surface area contributed by atoms with Crippen LogP contribution in [0, 0.1) is 0 Å². The molecule has 1 aromatic heterocycles. The van der Waals surface area contributed by atoms with Crippen LogP contribution in [-0.2, 0) is 0 Å². The Labute approximate surface area is 139 Å². The van der Waals surface area contributed by atoms with Gasteiger partial charge in [-0.1, -0.05) is 30.3 Å². The number of pyridine rings is 1. The van der Waals surface area contributed by atoms with Crippen LogP contribution in [0.4, 0.5) is 5.69 Å². The fourth-order valence-electron chi connectivity index (χ4n) is 2.74. The molecular formula is C19H18N2O3. The van der Waals surface area contributed by atoms with Crippen molar-refractivity contribution in [1.82, 2.24) is 4.98 Å². The van der Waals surface area contributed by atoms with E-state index in [2.05, 4.69) is 10.3 Å². The topological polar surface area (TPSA) is 71.5 Å². The third kappa shape index (κ3) is 2.76. The van der Waals surface area contributed by atoms with Crippen molar-refractivity contribution in [3.63, 3.8) is 0 Å². The van der Waals surface area contributed by atoms with E-state index in [0.29, 0.717) is 23.7 Å². The van der Waals surface area contributed by atoms with Gasteiger partial charge in [-0.15, -0.1) is 0 Å². The number of anilines is 1. The molecule has 0 unspecified atom stereocenters. The molecule has 0 atom stereocenters. The molecule has 0 aliphatic heterocycles. The molecule has 2 N–H and O–H groups in total. The fourth-order valence-corrected chi connectivity index (χ4v) is 2.74. The molecule has 24 heavy (non-hydrogen) atoms. The smallest absolute Gasteiger partial charge is 0.340 e. The van der Waals surface area contributed by atoms with Gasteiger partial charge in [0.25, 0.3) is 0 Å². The maximum Gasteiger partial charge on any atom is 0.340 e. The minimum Gasteiger partial charge on any atom is -0.497 e. The number of hydrogen-bond acceptors (Lipinski definition) is 4. The van der Waals surface area contributed by atoms with Crippen LogP contribution in [0.3, 0.4) is 0 Å². The highest BCUT2D eigenvalue weighted by Crippen LogP contribution is 2.35. The third-order valence-electron chi connectivity index (χ3n) is 3.81. The predicted molar refractivity (Wildman–Crippen MR) is 94.9 cm³/mol. The number of fused-ring (bicyclic) bond motifs is 1. The molecule has 122 valence electrons. The van der Waals surface area contributed by atoms with Gasteiger partial charge in [-0.2, -0.15) is 0 Å². The Hall–Kier alpha value is -3.08. The molecule has 3 aromatic rings. The van der Waals surface area contributed by atoms with Crippen LogP contribution in [0.25, 0.3) is 22.2 Å². The third-order valence-corrected chi connectivity index (χ3v) is 3.81. The lowest BCUT2D eigenvalue weighted by molar-refractivity contribution is 0.0698. The van der Waals surface area contributed by atoms with Crippen LogP contribution in [0.5, 0.6) is 5.75 Å². The number of benzene rings is 2. The van der Waals surface area contributed by atoms with E-state index in [1.165, 1.54) is 0 Å². The summed E-state index contributed by atoms with van der Waals surface area (Å²) in [5.41, 5.74) is 2.68. The number of methoxy groups -OCH3 is 1. The number of rotatable bonds is 5. The number of nitrogens with zero attached hydrogens (tertiary/aromatic N) is 1. The van der Waals surface area contributed by atoms with E-state index in [1.54, 1.807) is 7.11 Å². The minimum absolute atomic E-state index is 0.170. The van der Waals surface area contributed by atoms with Crippen molar-refractivity contribution >= 4 is 22.6 Å². The first-order valence-corrected chi connectivity index (χ1v) is 7.70. The predicted octanol–water partition coefficient (Wildman–Crippen LogP) is 4.04. The van der Waals surface area contributed by atoms with Crippen LogP contribution >= 0.6 is 0 Å². The largest absolute Gasteiger partial charge is 0.497 e. The number of carboxylic acids is 1. The molecule has 3 rings (SSSR count). The standard InChI is InChI=1S/C19H18N2O3/c1-3-20-18-14-11-13(24-2)9-10-15(14)21-17(16(18)19(22)23)12-7-5-4-6-8-12/h4-11H,3H2,1-2H3,(H,20,21)(H,22,23). The van der Waals surface area contributed by atoms with Crippen molar-refractivity contribution in [2.24, 2.45) is 0 Å². The fraction of sp³-hybridized carbons (Fsp3) is 0.158. The number of aromatic carboxylic acids is 1. The Morgan fingerprint density at radius 3 is 2.58 bits per heavy atom. The van der Waals surface area contributed by atoms with Gasteiger partial charge in [0, 0.05) is 17.5 Å². The van der Waals surface area contributed by atoms with Crippen LogP contribution in [0.15, 0.2) is 48.5 Å². The quantitative estimate of drug-likeness (QED) is 0.742. The molecule has 5 nitrogen and oxygen atoms in total. The van der Waals surface area contributed by atoms with Gasteiger partial charge in [-0.3, -0.25) is 0 Å². The Kier molecular flexibility index (Phi) is 4.33. The van der Waals surface area contributed by atoms with Gasteiger partial charge in [-0.25, -0.2) is 9.78 Å². The van der Waals surface area contributed by atoms with E-state index in [1.807, 2.05) is 55.5 Å². The number of nitrogens with one attached hydrogen (secondary N) is 1. The molecule has 0 fully saturated rings. The highest BCUT2D eigenvalue weighted by Gasteiger charge is 2.21. The number of aromatic nitrogens is 1. The Balaban J connectivity index is 2.40. The van der Waals surface area contributed by atoms with Crippen molar-refractivity contribution in [3.05, 3.63) is 54.1 Å². The average Bonchev–Trinajstić information content (AvgIpc) is 2.61. The van der Waals surface area contributed by atoms with Crippen LogP contribution in [-0.4, -0.2) is 29.7 Å². The Morgan fingerprint density at radius 1 is 1.21 bits per heavy atom. The molecule has 0 amide bonds. The Morgan fingerprint density at radius 2 is 1.96 bits per heavy atom. The van der Waals surface area contributed by atoms with Gasteiger partial charge in [0.05, 0.1) is 24.0 Å². The lowest BCUT2D eigenvalue weighted by Crippen LogP contribution is -2.10. The summed E-state index contributed by atoms with van der Waals surface area (Å²) in [6.45, 7) is 2.53. The molecule has 1 heterocycles.